The van der Waals surface area contributed by atoms with Crippen molar-refractivity contribution in [3.63, 3.8) is 0 Å². The number of carbonyl (C=O) groups is 1. The molecular weight excluding hydrogens is 358 g/mol. The van der Waals surface area contributed by atoms with Gasteiger partial charge in [0.1, 0.15) is 5.82 Å². The molecule has 0 aliphatic rings. The summed E-state index contributed by atoms with van der Waals surface area (Å²) in [5.74, 6) is 1.81. The Hall–Kier alpha value is -2.62. The van der Waals surface area contributed by atoms with Crippen LogP contribution in [0.25, 0.3) is 11.0 Å². The summed E-state index contributed by atoms with van der Waals surface area (Å²) < 4.78 is 2.32. The molecule has 0 saturated heterocycles. The fourth-order valence-electron chi connectivity index (χ4n) is 3.52. The number of amides is 1. The number of carbonyl (C=O) groups excluding carboxylic acids is 1. The zero-order valence-corrected chi connectivity index (χ0v) is 18.1. The molecule has 3 aromatic rings. The van der Waals surface area contributed by atoms with E-state index in [9.17, 15) is 4.79 Å². The van der Waals surface area contributed by atoms with Crippen molar-refractivity contribution in [3.8, 4) is 0 Å². The fourth-order valence-corrected chi connectivity index (χ4v) is 3.52. The molecule has 3 rings (SSSR count). The maximum Gasteiger partial charge on any atom is 0.222 e. The van der Waals surface area contributed by atoms with Crippen LogP contribution in [-0.2, 0) is 17.8 Å². The van der Waals surface area contributed by atoms with Crippen LogP contribution in [0.1, 0.15) is 63.4 Å². The van der Waals surface area contributed by atoms with Crippen molar-refractivity contribution >= 4 is 16.9 Å². The maximum atomic E-state index is 11.8. The number of hydrogen-bond donors (Lipinski definition) is 1. The van der Waals surface area contributed by atoms with Crippen LogP contribution in [0.2, 0.25) is 0 Å². The lowest BCUT2D eigenvalue weighted by Crippen LogP contribution is -2.28. The average Bonchev–Trinajstić information content (AvgIpc) is 3.08. The molecule has 1 aromatic heterocycles. The van der Waals surface area contributed by atoms with Gasteiger partial charge in [-0.05, 0) is 42.0 Å². The lowest BCUT2D eigenvalue weighted by molar-refractivity contribution is -0.123. The summed E-state index contributed by atoms with van der Waals surface area (Å²) in [6.07, 6.45) is 2.88. The smallest absolute Gasteiger partial charge is 0.222 e. The minimum atomic E-state index is 0.0259. The molecule has 0 aliphatic heterocycles. The van der Waals surface area contributed by atoms with Crippen molar-refractivity contribution in [1.82, 2.24) is 14.9 Å². The van der Waals surface area contributed by atoms with Crippen molar-refractivity contribution in [2.45, 2.75) is 59.4 Å². The van der Waals surface area contributed by atoms with Gasteiger partial charge in [-0.15, -0.1) is 0 Å². The van der Waals surface area contributed by atoms with Gasteiger partial charge in [-0.25, -0.2) is 4.98 Å². The third-order valence-electron chi connectivity index (χ3n) is 5.64. The number of hydrogen-bond acceptors (Lipinski definition) is 2. The first kappa shape index (κ1) is 21.1. The molecule has 1 atom stereocenters. The minimum absolute atomic E-state index is 0.0259. The minimum Gasteiger partial charge on any atom is -0.356 e. The van der Waals surface area contributed by atoms with E-state index in [2.05, 4.69) is 66.2 Å². The summed E-state index contributed by atoms with van der Waals surface area (Å²) >= 11 is 0. The predicted octanol–water partition coefficient (Wildman–Crippen LogP) is 5.30. The van der Waals surface area contributed by atoms with E-state index in [1.165, 1.54) is 16.6 Å². The molecular formula is C25H33N3O. The van der Waals surface area contributed by atoms with Crippen molar-refractivity contribution < 1.29 is 4.79 Å². The molecule has 154 valence electrons. The number of fused-ring (bicyclic) bond motifs is 1. The van der Waals surface area contributed by atoms with Gasteiger partial charge in [-0.3, -0.25) is 4.79 Å². The van der Waals surface area contributed by atoms with Crippen LogP contribution in [0.15, 0.2) is 48.5 Å². The Labute approximate surface area is 174 Å². The second-order valence-corrected chi connectivity index (χ2v) is 8.20. The first-order valence-corrected chi connectivity index (χ1v) is 10.8. The Balaban J connectivity index is 1.75. The molecule has 1 unspecified atom stereocenters. The highest BCUT2D eigenvalue weighted by Gasteiger charge is 2.12. The fraction of sp³-hybridized carbons (Fsp3) is 0.440. The third-order valence-corrected chi connectivity index (χ3v) is 5.64. The topological polar surface area (TPSA) is 46.9 Å². The van der Waals surface area contributed by atoms with Crippen LogP contribution in [-0.4, -0.2) is 22.0 Å². The van der Waals surface area contributed by atoms with Crippen molar-refractivity contribution in [2.24, 2.45) is 5.92 Å². The molecule has 29 heavy (non-hydrogen) atoms. The second-order valence-electron chi connectivity index (χ2n) is 8.20. The summed E-state index contributed by atoms with van der Waals surface area (Å²) in [6, 6.07) is 17.3. The first-order chi connectivity index (χ1) is 14.0. The Morgan fingerprint density at radius 3 is 2.48 bits per heavy atom. The molecule has 4 heteroatoms. The maximum absolute atomic E-state index is 11.8. The SMILES string of the molecule is CCC(C)c1ccc(Cn2c(CCCNC(=O)C(C)C)nc3ccccc32)cc1. The highest BCUT2D eigenvalue weighted by molar-refractivity contribution is 5.77. The van der Waals surface area contributed by atoms with Crippen molar-refractivity contribution in [1.29, 1.82) is 0 Å². The predicted molar refractivity (Wildman–Crippen MR) is 120 cm³/mol. The number of aromatic nitrogens is 2. The normalized spacial score (nSPS) is 12.4. The molecule has 1 amide bonds. The Bertz CT molecular complexity index is 940. The van der Waals surface area contributed by atoms with Crippen LogP contribution >= 0.6 is 0 Å². The average molecular weight is 392 g/mol. The number of rotatable bonds is 9. The van der Waals surface area contributed by atoms with E-state index in [4.69, 9.17) is 4.98 Å². The zero-order chi connectivity index (χ0) is 20.8. The second kappa shape index (κ2) is 9.73. The molecule has 2 aromatic carbocycles. The molecule has 0 aliphatic carbocycles. The number of aryl methyl sites for hydroxylation is 1. The summed E-state index contributed by atoms with van der Waals surface area (Å²) in [4.78, 5) is 16.6. The van der Waals surface area contributed by atoms with E-state index in [0.717, 1.165) is 37.1 Å². The van der Waals surface area contributed by atoms with Gasteiger partial charge in [0.15, 0.2) is 0 Å². The molecule has 0 bridgehead atoms. The van der Waals surface area contributed by atoms with Gasteiger partial charge < -0.3 is 9.88 Å². The molecule has 0 saturated carbocycles. The zero-order valence-electron chi connectivity index (χ0n) is 18.1. The number of nitrogens with zero attached hydrogens (tertiary/aromatic N) is 2. The van der Waals surface area contributed by atoms with Gasteiger partial charge in [0, 0.05) is 25.4 Å². The van der Waals surface area contributed by atoms with E-state index < -0.39 is 0 Å². The van der Waals surface area contributed by atoms with Crippen LogP contribution in [0, 0.1) is 5.92 Å². The quantitative estimate of drug-likeness (QED) is 0.503. The van der Waals surface area contributed by atoms with Crippen LogP contribution < -0.4 is 5.32 Å². The highest BCUT2D eigenvalue weighted by atomic mass is 16.1. The monoisotopic (exact) mass is 391 g/mol. The van der Waals surface area contributed by atoms with Gasteiger partial charge in [-0.1, -0.05) is 64.1 Å². The molecule has 0 radical (unpaired) electrons. The van der Waals surface area contributed by atoms with Crippen LogP contribution in [0.4, 0.5) is 0 Å². The number of imidazole rings is 1. The van der Waals surface area contributed by atoms with Gasteiger partial charge in [-0.2, -0.15) is 0 Å². The Morgan fingerprint density at radius 2 is 1.79 bits per heavy atom. The van der Waals surface area contributed by atoms with Crippen LogP contribution in [0.5, 0.6) is 0 Å². The van der Waals surface area contributed by atoms with E-state index >= 15 is 0 Å². The standard InChI is InChI=1S/C25H33N3O/c1-5-19(4)21-14-12-20(13-15-21)17-28-23-10-7-6-9-22(23)27-24(28)11-8-16-26-25(29)18(2)3/h6-7,9-10,12-15,18-19H,5,8,11,16-17H2,1-4H3,(H,26,29). The molecule has 0 spiro atoms. The Kier molecular flexibility index (Phi) is 7.08. The van der Waals surface area contributed by atoms with E-state index in [1.807, 2.05) is 19.9 Å². The number of para-hydroxylation sites is 2. The number of benzene rings is 2. The largest absolute Gasteiger partial charge is 0.356 e. The molecule has 0 fully saturated rings. The summed E-state index contributed by atoms with van der Waals surface area (Å²) in [6.45, 7) is 9.84. The van der Waals surface area contributed by atoms with Gasteiger partial charge in [0.25, 0.3) is 0 Å². The lowest BCUT2D eigenvalue weighted by Gasteiger charge is -2.13. The summed E-state index contributed by atoms with van der Waals surface area (Å²) in [7, 11) is 0. The Morgan fingerprint density at radius 1 is 1.07 bits per heavy atom. The first-order valence-electron chi connectivity index (χ1n) is 10.8. The van der Waals surface area contributed by atoms with E-state index in [0.29, 0.717) is 12.5 Å². The van der Waals surface area contributed by atoms with E-state index in [-0.39, 0.29) is 11.8 Å². The molecule has 1 heterocycles. The van der Waals surface area contributed by atoms with Crippen LogP contribution in [0.3, 0.4) is 0 Å². The lowest BCUT2D eigenvalue weighted by atomic mass is 9.97. The summed E-state index contributed by atoms with van der Waals surface area (Å²) in [5, 5.41) is 3.00. The van der Waals surface area contributed by atoms with E-state index in [1.54, 1.807) is 0 Å². The highest BCUT2D eigenvalue weighted by Crippen LogP contribution is 2.22. The number of nitrogens with one attached hydrogen (secondary N) is 1. The molecule has 1 N–H and O–H groups in total. The van der Waals surface area contributed by atoms with Gasteiger partial charge in [0.05, 0.1) is 11.0 Å². The van der Waals surface area contributed by atoms with Crippen molar-refractivity contribution in [3.05, 3.63) is 65.5 Å². The summed E-state index contributed by atoms with van der Waals surface area (Å²) in [5.41, 5.74) is 4.88. The van der Waals surface area contributed by atoms with Gasteiger partial charge >= 0.3 is 0 Å². The molecule has 4 nitrogen and oxygen atoms in total. The van der Waals surface area contributed by atoms with Gasteiger partial charge in [0.2, 0.25) is 5.91 Å². The van der Waals surface area contributed by atoms with Crippen molar-refractivity contribution in [2.75, 3.05) is 6.54 Å². The third kappa shape index (κ3) is 5.26.